The largest absolute Gasteiger partial charge is 0.465 e. The molecule has 9 N–H and O–H groups in total. The number of hydrogen-bond donors (Lipinski definition) is 9. The standard InChI is InChI=1S/3C15H23NO3.C14H23NO2/c3*1-10-6-7-11(8-12(10)14(18)19-5)13(17)9-16-15(2,3)4;1-10-5-6-11(7-12(10)9-16)13(17)8-15-14(2,3)4/h3*6-8,13,16-17H,9H2,1-5H3;5-7,13,15-17H,8-9H2,1-4H3/t2*13-;;13-/m00.0/s1. The van der Waals surface area contributed by atoms with E-state index in [0.717, 1.165) is 33.4 Å². The fourth-order valence-electron chi connectivity index (χ4n) is 6.68. The highest BCUT2D eigenvalue weighted by atomic mass is 16.5. The highest BCUT2D eigenvalue weighted by Crippen LogP contribution is 2.22. The van der Waals surface area contributed by atoms with E-state index in [1.54, 1.807) is 18.2 Å². The van der Waals surface area contributed by atoms with Gasteiger partial charge < -0.3 is 61.0 Å². The summed E-state index contributed by atoms with van der Waals surface area (Å²) >= 11 is 0. The van der Waals surface area contributed by atoms with E-state index >= 15 is 0 Å². The summed E-state index contributed by atoms with van der Waals surface area (Å²) in [5.74, 6) is -1.14. The Hall–Kier alpha value is -5.07. The van der Waals surface area contributed by atoms with E-state index in [1.165, 1.54) is 21.3 Å². The molecule has 0 fully saturated rings. The topological polar surface area (TPSA) is 228 Å². The van der Waals surface area contributed by atoms with Gasteiger partial charge in [0.15, 0.2) is 0 Å². The van der Waals surface area contributed by atoms with Crippen LogP contribution < -0.4 is 21.3 Å². The molecule has 1 unspecified atom stereocenters. The molecule has 0 saturated carbocycles. The lowest BCUT2D eigenvalue weighted by molar-refractivity contribution is 0.0590. The maximum absolute atomic E-state index is 11.6. The number of aliphatic hydroxyl groups is 5. The minimum absolute atomic E-state index is 0.00845. The van der Waals surface area contributed by atoms with Gasteiger partial charge in [-0.15, -0.1) is 0 Å². The van der Waals surface area contributed by atoms with Gasteiger partial charge in [-0.25, -0.2) is 14.4 Å². The number of benzene rings is 4. The number of esters is 3. The number of methoxy groups -OCH3 is 3. The third-order valence-electron chi connectivity index (χ3n) is 11.4. The number of β-amino-alcohol motifs (C(OH)–C–C–N with tert-alkyl or cyclic N) is 4. The fraction of sp³-hybridized carbons (Fsp3) is 0.542. The average molecular weight is 1030 g/mol. The molecule has 74 heavy (non-hydrogen) atoms. The molecule has 15 nitrogen and oxygen atoms in total. The Kier molecular flexibility index (Phi) is 27.6. The second-order valence-corrected chi connectivity index (χ2v) is 22.6. The van der Waals surface area contributed by atoms with Crippen molar-refractivity contribution in [2.75, 3.05) is 47.5 Å². The number of carbonyl (C=O) groups excluding carboxylic acids is 3. The Morgan fingerprint density at radius 1 is 0.405 bits per heavy atom. The Morgan fingerprint density at radius 2 is 0.622 bits per heavy atom. The Morgan fingerprint density at radius 3 is 0.824 bits per heavy atom. The lowest BCUT2D eigenvalue weighted by Crippen LogP contribution is -2.38. The van der Waals surface area contributed by atoms with Crippen LogP contribution in [0, 0.1) is 27.7 Å². The zero-order valence-electron chi connectivity index (χ0n) is 48.0. The molecule has 0 amide bonds. The second kappa shape index (κ2) is 30.5. The van der Waals surface area contributed by atoms with Crippen molar-refractivity contribution >= 4 is 17.9 Å². The van der Waals surface area contributed by atoms with Crippen LogP contribution in [0.1, 0.15) is 189 Å². The lowest BCUT2D eigenvalue weighted by Gasteiger charge is -2.23. The van der Waals surface area contributed by atoms with Gasteiger partial charge in [0.1, 0.15) is 0 Å². The Labute approximate surface area is 442 Å². The second-order valence-electron chi connectivity index (χ2n) is 22.6. The summed E-state index contributed by atoms with van der Waals surface area (Å²) in [6.45, 7) is 33.8. The van der Waals surface area contributed by atoms with Crippen molar-refractivity contribution in [2.24, 2.45) is 0 Å². The molecule has 4 atom stereocenters. The summed E-state index contributed by atoms with van der Waals surface area (Å²) in [6.07, 6.45) is -2.49. The fourth-order valence-corrected chi connectivity index (χ4v) is 6.68. The van der Waals surface area contributed by atoms with Gasteiger partial charge in [0, 0.05) is 48.3 Å². The van der Waals surface area contributed by atoms with E-state index in [-0.39, 0.29) is 46.7 Å². The molecule has 0 aliphatic rings. The summed E-state index contributed by atoms with van der Waals surface area (Å²) in [4.78, 5) is 34.8. The molecule has 414 valence electrons. The molecular weight excluding hydrogens is 941 g/mol. The lowest BCUT2D eigenvalue weighted by atomic mass is 10.0. The summed E-state index contributed by atoms with van der Waals surface area (Å²) in [7, 11) is 4.06. The molecule has 0 saturated heterocycles. The van der Waals surface area contributed by atoms with Crippen LogP contribution in [0.25, 0.3) is 0 Å². The van der Waals surface area contributed by atoms with Gasteiger partial charge >= 0.3 is 17.9 Å². The first-order valence-electron chi connectivity index (χ1n) is 25.1. The monoisotopic (exact) mass is 1030 g/mol. The SMILES string of the molecule is COC(=O)c1cc(C(O)CNC(C)(C)C)ccc1C.COC(=O)c1cc([C@@H](O)CNC(C)(C)C)ccc1C.COC(=O)c1cc([C@@H](O)CNC(C)(C)C)ccc1C.Cc1ccc([C@@H](O)CNC(C)(C)C)cc1CO. The van der Waals surface area contributed by atoms with Crippen LogP contribution in [0.4, 0.5) is 0 Å². The van der Waals surface area contributed by atoms with Crippen LogP contribution in [-0.4, -0.2) is 113 Å². The van der Waals surface area contributed by atoms with Crippen molar-refractivity contribution in [1.82, 2.24) is 21.3 Å². The average Bonchev–Trinajstić information content (AvgIpc) is 3.32. The minimum atomic E-state index is -0.650. The number of aliphatic hydroxyl groups excluding tert-OH is 5. The molecular formula is C59H92N4O11. The van der Waals surface area contributed by atoms with Crippen molar-refractivity contribution in [2.45, 2.75) is 164 Å². The van der Waals surface area contributed by atoms with Gasteiger partial charge in [0.05, 0.1) is 69.0 Å². The molecule has 15 heteroatoms. The van der Waals surface area contributed by atoms with Gasteiger partial charge in [-0.3, -0.25) is 0 Å². The number of hydrogen-bond acceptors (Lipinski definition) is 15. The van der Waals surface area contributed by atoms with E-state index in [2.05, 4.69) is 42.0 Å². The molecule has 0 aliphatic carbocycles. The van der Waals surface area contributed by atoms with Crippen molar-refractivity contribution in [3.63, 3.8) is 0 Å². The van der Waals surface area contributed by atoms with Crippen LogP contribution in [0.15, 0.2) is 72.8 Å². The molecule has 0 aromatic heterocycles. The Balaban J connectivity index is 0.000000494. The quantitative estimate of drug-likeness (QED) is 0.0379. The molecule has 0 aliphatic heterocycles. The summed E-state index contributed by atoms with van der Waals surface area (Å²) in [5, 5.41) is 62.6. The zero-order chi connectivity index (χ0) is 56.9. The predicted molar refractivity (Wildman–Crippen MR) is 296 cm³/mol. The van der Waals surface area contributed by atoms with E-state index in [0.29, 0.717) is 59.6 Å². The highest BCUT2D eigenvalue weighted by Gasteiger charge is 2.20. The Bertz CT molecular complexity index is 2170. The van der Waals surface area contributed by atoms with Crippen LogP contribution in [0.2, 0.25) is 0 Å². The number of rotatable bonds is 16. The van der Waals surface area contributed by atoms with Gasteiger partial charge in [-0.05, 0) is 179 Å². The molecule has 0 bridgehead atoms. The molecule has 4 rings (SSSR count). The minimum Gasteiger partial charge on any atom is -0.465 e. The summed E-state index contributed by atoms with van der Waals surface area (Å²) < 4.78 is 14.2. The van der Waals surface area contributed by atoms with Crippen molar-refractivity contribution in [3.05, 3.63) is 140 Å². The molecule has 0 heterocycles. The molecule has 4 aromatic rings. The third kappa shape index (κ3) is 25.4. The van der Waals surface area contributed by atoms with Gasteiger partial charge in [-0.1, -0.05) is 54.6 Å². The molecule has 0 spiro atoms. The van der Waals surface area contributed by atoms with Crippen LogP contribution >= 0.6 is 0 Å². The molecule has 0 radical (unpaired) electrons. The number of carbonyl (C=O) groups is 3. The summed E-state index contributed by atoms with van der Waals surface area (Å²) in [5.41, 5.74) is 8.72. The zero-order valence-corrected chi connectivity index (χ0v) is 48.0. The first kappa shape index (κ1) is 66.9. The van der Waals surface area contributed by atoms with E-state index in [9.17, 15) is 39.9 Å². The number of aryl methyl sites for hydroxylation is 4. The van der Waals surface area contributed by atoms with Crippen molar-refractivity contribution < 1.29 is 54.1 Å². The van der Waals surface area contributed by atoms with Crippen molar-refractivity contribution in [1.29, 1.82) is 0 Å². The van der Waals surface area contributed by atoms with E-state index in [1.807, 2.05) is 145 Å². The van der Waals surface area contributed by atoms with Gasteiger partial charge in [0.2, 0.25) is 0 Å². The van der Waals surface area contributed by atoms with Crippen LogP contribution in [-0.2, 0) is 20.8 Å². The van der Waals surface area contributed by atoms with Crippen LogP contribution in [0.3, 0.4) is 0 Å². The van der Waals surface area contributed by atoms with Gasteiger partial charge in [-0.2, -0.15) is 0 Å². The van der Waals surface area contributed by atoms with Gasteiger partial charge in [0.25, 0.3) is 0 Å². The predicted octanol–water partition coefficient (Wildman–Crippen LogP) is 8.52. The van der Waals surface area contributed by atoms with Crippen molar-refractivity contribution in [3.8, 4) is 0 Å². The maximum atomic E-state index is 11.6. The van der Waals surface area contributed by atoms with Crippen LogP contribution in [0.5, 0.6) is 0 Å². The third-order valence-corrected chi connectivity index (χ3v) is 11.4. The van der Waals surface area contributed by atoms with E-state index in [4.69, 9.17) is 14.2 Å². The summed E-state index contributed by atoms with van der Waals surface area (Å²) in [6, 6.07) is 21.7. The maximum Gasteiger partial charge on any atom is 0.338 e. The first-order chi connectivity index (χ1) is 34.1. The number of ether oxygens (including phenoxy) is 3. The van der Waals surface area contributed by atoms with E-state index < -0.39 is 24.4 Å². The molecule has 4 aromatic carbocycles. The highest BCUT2D eigenvalue weighted by molar-refractivity contribution is 5.92. The normalized spacial score (nSPS) is 13.3. The number of nitrogens with one attached hydrogen (secondary N) is 4. The smallest absolute Gasteiger partial charge is 0.338 e. The first-order valence-corrected chi connectivity index (χ1v) is 25.1.